The quantitative estimate of drug-likeness (QED) is 0.183. The van der Waals surface area contributed by atoms with Gasteiger partial charge < -0.3 is 19.6 Å². The molecule has 0 amide bonds. The van der Waals surface area contributed by atoms with Gasteiger partial charge in [-0.3, -0.25) is 0 Å². The van der Waals surface area contributed by atoms with Gasteiger partial charge in [-0.2, -0.15) is 0 Å². The molecule has 0 saturated heterocycles. The summed E-state index contributed by atoms with van der Waals surface area (Å²) in [5, 5.41) is 12.5. The SMILES string of the molecule is Cc1cc(C)c(-c2cccc3c(CCCOc4cccc5ccccc45)c(OC(=O)O)[nH]c23)cc1C. The monoisotopic (exact) mass is 479 g/mol. The molecule has 0 fully saturated rings. The molecule has 36 heavy (non-hydrogen) atoms. The molecule has 0 spiro atoms. The lowest BCUT2D eigenvalue weighted by atomic mass is 9.94. The van der Waals surface area contributed by atoms with Gasteiger partial charge in [-0.25, -0.2) is 4.79 Å². The van der Waals surface area contributed by atoms with Crippen molar-refractivity contribution in [2.24, 2.45) is 0 Å². The zero-order valence-corrected chi connectivity index (χ0v) is 20.7. The van der Waals surface area contributed by atoms with E-state index in [1.807, 2.05) is 36.4 Å². The average Bonchev–Trinajstić information content (AvgIpc) is 3.20. The van der Waals surface area contributed by atoms with E-state index in [1.54, 1.807) is 0 Å². The molecule has 0 radical (unpaired) electrons. The molecule has 5 rings (SSSR count). The van der Waals surface area contributed by atoms with Crippen LogP contribution in [0.15, 0.2) is 72.8 Å². The van der Waals surface area contributed by atoms with Gasteiger partial charge in [0.1, 0.15) is 5.75 Å². The van der Waals surface area contributed by atoms with E-state index in [0.717, 1.165) is 44.1 Å². The molecule has 4 aromatic carbocycles. The van der Waals surface area contributed by atoms with E-state index in [9.17, 15) is 9.90 Å². The lowest BCUT2D eigenvalue weighted by Gasteiger charge is -2.11. The summed E-state index contributed by atoms with van der Waals surface area (Å²) in [7, 11) is 0. The zero-order chi connectivity index (χ0) is 25.2. The average molecular weight is 480 g/mol. The Labute approximate surface area is 210 Å². The number of hydrogen-bond acceptors (Lipinski definition) is 3. The minimum absolute atomic E-state index is 0.275. The largest absolute Gasteiger partial charge is 0.512 e. The van der Waals surface area contributed by atoms with Crippen molar-refractivity contribution < 1.29 is 19.4 Å². The Morgan fingerprint density at radius 1 is 0.833 bits per heavy atom. The maximum Gasteiger partial charge on any atom is 0.512 e. The number of carboxylic acid groups (broad SMARTS) is 1. The van der Waals surface area contributed by atoms with Crippen LogP contribution < -0.4 is 9.47 Å². The van der Waals surface area contributed by atoms with E-state index in [4.69, 9.17) is 9.47 Å². The van der Waals surface area contributed by atoms with Crippen LogP contribution in [-0.4, -0.2) is 22.9 Å². The van der Waals surface area contributed by atoms with Crippen LogP contribution in [0.2, 0.25) is 0 Å². The molecule has 0 aliphatic rings. The smallest absolute Gasteiger partial charge is 0.493 e. The maximum absolute atomic E-state index is 11.5. The fraction of sp³-hybridized carbons (Fsp3) is 0.194. The number of rotatable bonds is 7. The fourth-order valence-corrected chi connectivity index (χ4v) is 4.90. The van der Waals surface area contributed by atoms with Crippen LogP contribution in [0, 0.1) is 20.8 Å². The van der Waals surface area contributed by atoms with E-state index in [2.05, 4.69) is 62.2 Å². The number of aryl methyl sites for hydroxylation is 4. The Morgan fingerprint density at radius 3 is 2.39 bits per heavy atom. The van der Waals surface area contributed by atoms with E-state index < -0.39 is 6.16 Å². The highest BCUT2D eigenvalue weighted by atomic mass is 16.7. The zero-order valence-electron chi connectivity index (χ0n) is 20.7. The number of para-hydroxylation sites is 1. The molecule has 1 aromatic heterocycles. The maximum atomic E-state index is 11.5. The van der Waals surface area contributed by atoms with Crippen molar-refractivity contribution in [1.82, 2.24) is 4.98 Å². The summed E-state index contributed by atoms with van der Waals surface area (Å²) in [6.07, 6.45) is -0.0133. The van der Waals surface area contributed by atoms with Crippen molar-refractivity contribution in [3.8, 4) is 22.8 Å². The number of carbonyl (C=O) groups is 1. The minimum Gasteiger partial charge on any atom is -0.493 e. The fourth-order valence-electron chi connectivity index (χ4n) is 4.90. The first-order valence-electron chi connectivity index (χ1n) is 12.2. The van der Waals surface area contributed by atoms with Gasteiger partial charge in [-0.15, -0.1) is 0 Å². The van der Waals surface area contributed by atoms with Crippen LogP contribution >= 0.6 is 0 Å². The van der Waals surface area contributed by atoms with Crippen LogP contribution in [0.25, 0.3) is 32.8 Å². The molecule has 1 heterocycles. The van der Waals surface area contributed by atoms with Crippen molar-refractivity contribution in [1.29, 1.82) is 0 Å². The summed E-state index contributed by atoms with van der Waals surface area (Å²) < 4.78 is 11.3. The Hall–Kier alpha value is -4.25. The van der Waals surface area contributed by atoms with Crippen LogP contribution in [-0.2, 0) is 6.42 Å². The van der Waals surface area contributed by atoms with Crippen molar-refractivity contribution in [3.05, 3.63) is 95.1 Å². The Balaban J connectivity index is 1.44. The number of benzene rings is 4. The number of hydrogen-bond donors (Lipinski definition) is 2. The van der Waals surface area contributed by atoms with Crippen LogP contribution in [0.3, 0.4) is 0 Å². The molecule has 182 valence electrons. The topological polar surface area (TPSA) is 71.6 Å². The Bertz CT molecular complexity index is 1580. The van der Waals surface area contributed by atoms with Crippen LogP contribution in [0.1, 0.15) is 28.7 Å². The van der Waals surface area contributed by atoms with Gasteiger partial charge in [0.05, 0.1) is 12.1 Å². The number of nitrogens with one attached hydrogen (secondary N) is 1. The third kappa shape index (κ3) is 4.52. The lowest BCUT2D eigenvalue weighted by Crippen LogP contribution is -2.06. The van der Waals surface area contributed by atoms with Gasteiger partial charge in [0.15, 0.2) is 0 Å². The predicted molar refractivity (Wildman–Crippen MR) is 144 cm³/mol. The summed E-state index contributed by atoms with van der Waals surface area (Å²) in [4.78, 5) is 14.7. The first-order chi connectivity index (χ1) is 17.4. The molecule has 0 bridgehead atoms. The van der Waals surface area contributed by atoms with E-state index in [0.29, 0.717) is 19.4 Å². The third-order valence-electron chi connectivity index (χ3n) is 6.80. The van der Waals surface area contributed by atoms with E-state index in [-0.39, 0.29) is 5.88 Å². The van der Waals surface area contributed by atoms with Crippen molar-refractivity contribution in [2.75, 3.05) is 6.61 Å². The molecule has 5 aromatic rings. The van der Waals surface area contributed by atoms with Gasteiger partial charge in [0, 0.05) is 21.9 Å². The van der Waals surface area contributed by atoms with Crippen LogP contribution in [0.5, 0.6) is 11.6 Å². The van der Waals surface area contributed by atoms with Gasteiger partial charge >= 0.3 is 6.16 Å². The molecular weight excluding hydrogens is 450 g/mol. The molecule has 0 aliphatic carbocycles. The van der Waals surface area contributed by atoms with Crippen molar-refractivity contribution in [3.63, 3.8) is 0 Å². The molecular formula is C31H29NO4. The van der Waals surface area contributed by atoms with Crippen molar-refractivity contribution >= 4 is 27.8 Å². The molecule has 5 nitrogen and oxygen atoms in total. The highest BCUT2D eigenvalue weighted by Gasteiger charge is 2.19. The molecule has 0 atom stereocenters. The van der Waals surface area contributed by atoms with E-state index >= 15 is 0 Å². The number of aromatic nitrogens is 1. The summed E-state index contributed by atoms with van der Waals surface area (Å²) in [6, 6.07) is 24.7. The second kappa shape index (κ2) is 9.78. The predicted octanol–water partition coefficient (Wildman–Crippen LogP) is 7.98. The summed E-state index contributed by atoms with van der Waals surface area (Å²) in [5.74, 6) is 1.12. The molecule has 5 heteroatoms. The molecule has 2 N–H and O–H groups in total. The summed E-state index contributed by atoms with van der Waals surface area (Å²) in [6.45, 7) is 6.82. The highest BCUT2D eigenvalue weighted by molar-refractivity contribution is 5.98. The Kier molecular flexibility index (Phi) is 6.38. The summed E-state index contributed by atoms with van der Waals surface area (Å²) in [5.41, 5.74) is 7.51. The van der Waals surface area contributed by atoms with Gasteiger partial charge in [0.25, 0.3) is 0 Å². The summed E-state index contributed by atoms with van der Waals surface area (Å²) >= 11 is 0. The Morgan fingerprint density at radius 2 is 1.56 bits per heavy atom. The van der Waals surface area contributed by atoms with Crippen LogP contribution in [0.4, 0.5) is 4.79 Å². The standard InChI is InChI=1S/C31H29NO4/c1-19-17-21(3)27(18-20(19)2)25-13-7-12-24-26(30(32-29(24)25)36-31(33)34)14-8-16-35-28-15-6-10-22-9-4-5-11-23(22)28/h4-7,9-13,15,17-18,32H,8,14,16H2,1-3H3,(H,33,34). The number of ether oxygens (including phenoxy) is 2. The van der Waals surface area contributed by atoms with Crippen molar-refractivity contribution in [2.45, 2.75) is 33.6 Å². The number of H-pyrrole nitrogens is 1. The molecule has 0 aliphatic heterocycles. The number of aromatic amines is 1. The van der Waals surface area contributed by atoms with Gasteiger partial charge in [-0.05, 0) is 67.3 Å². The lowest BCUT2D eigenvalue weighted by molar-refractivity contribution is 0.142. The second-order valence-electron chi connectivity index (χ2n) is 9.21. The normalized spacial score (nSPS) is 11.2. The third-order valence-corrected chi connectivity index (χ3v) is 6.80. The molecule has 0 saturated carbocycles. The van der Waals surface area contributed by atoms with E-state index in [1.165, 1.54) is 16.7 Å². The molecule has 0 unspecified atom stereocenters. The first kappa shape index (κ1) is 23.5. The highest BCUT2D eigenvalue weighted by Crippen LogP contribution is 2.37. The number of fused-ring (bicyclic) bond motifs is 2. The minimum atomic E-state index is -1.33. The van der Waals surface area contributed by atoms with Gasteiger partial charge in [-0.1, -0.05) is 66.7 Å². The first-order valence-corrected chi connectivity index (χ1v) is 12.2. The second-order valence-corrected chi connectivity index (χ2v) is 9.21. The van der Waals surface area contributed by atoms with Gasteiger partial charge in [0.2, 0.25) is 5.88 Å².